The maximum Gasteiger partial charge on any atom is 0.236 e. The van der Waals surface area contributed by atoms with E-state index in [1.54, 1.807) is 0 Å². The second kappa shape index (κ2) is 8.23. The predicted octanol–water partition coefficient (Wildman–Crippen LogP) is 2.34. The fraction of sp³-hybridized carbons (Fsp3) is 0.333. The summed E-state index contributed by atoms with van der Waals surface area (Å²) in [4.78, 5) is 9.59. The Morgan fingerprint density at radius 2 is 2.00 bits per heavy atom. The van der Waals surface area contributed by atoms with Crippen LogP contribution >= 0.6 is 0 Å². The molecule has 0 unspecified atom stereocenters. The highest BCUT2D eigenvalue weighted by molar-refractivity contribution is 5.95. The van der Waals surface area contributed by atoms with Crippen molar-refractivity contribution in [1.82, 2.24) is 15.1 Å². The molecule has 0 amide bonds. The van der Waals surface area contributed by atoms with Crippen LogP contribution in [0.2, 0.25) is 0 Å². The quantitative estimate of drug-likeness (QED) is 0.653. The van der Waals surface area contributed by atoms with Crippen LogP contribution in [0.4, 0.5) is 17.5 Å². The van der Waals surface area contributed by atoms with Gasteiger partial charge in [0, 0.05) is 13.1 Å². The molecule has 9 nitrogen and oxygen atoms in total. The first-order chi connectivity index (χ1) is 13.1. The molecule has 0 spiro atoms. The van der Waals surface area contributed by atoms with Gasteiger partial charge in [-0.2, -0.15) is 10.2 Å². The van der Waals surface area contributed by atoms with Crippen molar-refractivity contribution in [2.75, 3.05) is 36.6 Å². The largest absolute Gasteiger partial charge is 0.480 e. The van der Waals surface area contributed by atoms with Crippen molar-refractivity contribution in [1.29, 1.82) is 5.26 Å². The van der Waals surface area contributed by atoms with Crippen molar-refractivity contribution in [3.05, 3.63) is 30.0 Å². The average Bonchev–Trinajstić information content (AvgIpc) is 3.14. The number of hydrogen-bond donors (Lipinski definition) is 2. The number of rotatable bonds is 2. The lowest BCUT2D eigenvalue weighted by Gasteiger charge is -2.26. The van der Waals surface area contributed by atoms with Gasteiger partial charge in [0.05, 0.1) is 24.4 Å². The van der Waals surface area contributed by atoms with Crippen molar-refractivity contribution >= 4 is 28.4 Å². The van der Waals surface area contributed by atoms with E-state index in [2.05, 4.69) is 20.0 Å². The summed E-state index contributed by atoms with van der Waals surface area (Å²) in [7, 11) is 1.42. The number of nitrogen functional groups attached to an aromatic ring is 2. The molecule has 9 heteroatoms. The number of aromatic nitrogens is 3. The third-order valence-corrected chi connectivity index (χ3v) is 4.25. The number of nitriles is 1. The molecule has 0 atom stereocenters. The van der Waals surface area contributed by atoms with Gasteiger partial charge in [0.15, 0.2) is 11.4 Å². The maximum atomic E-state index is 8.49. The standard InChI is InChI=1S/C12H15N3O.C6H6N4O/c13-10-6-4-5-9-11(10)16-14-12(9)15-7-2-1-3-8-15;1-11-5-4(2-7)3-9-6(8)10-5/h4-6H,1-3,7-8,13H2;3H,1H3,(H2,8,9,10). The lowest BCUT2D eigenvalue weighted by Crippen LogP contribution is -2.29. The smallest absolute Gasteiger partial charge is 0.236 e. The SMILES string of the molecule is COc1nc(N)ncc1C#N.Nc1cccc2c(N3CCCCC3)noc12. The topological polar surface area (TPSA) is 140 Å². The Balaban J connectivity index is 0.000000168. The number of methoxy groups -OCH3 is 1. The van der Waals surface area contributed by atoms with E-state index >= 15 is 0 Å². The molecule has 1 aliphatic rings. The molecule has 1 saturated heterocycles. The number of nitrogens with two attached hydrogens (primary N) is 2. The van der Waals surface area contributed by atoms with Crippen molar-refractivity contribution in [2.24, 2.45) is 0 Å². The minimum Gasteiger partial charge on any atom is -0.480 e. The number of benzene rings is 1. The number of fused-ring (bicyclic) bond motifs is 1. The van der Waals surface area contributed by atoms with Gasteiger partial charge in [0.2, 0.25) is 11.8 Å². The fourth-order valence-corrected chi connectivity index (χ4v) is 2.92. The zero-order valence-electron chi connectivity index (χ0n) is 15.1. The van der Waals surface area contributed by atoms with Crippen molar-refractivity contribution in [3.63, 3.8) is 0 Å². The highest BCUT2D eigenvalue weighted by Crippen LogP contribution is 2.31. The Morgan fingerprint density at radius 1 is 1.22 bits per heavy atom. The van der Waals surface area contributed by atoms with Crippen LogP contribution in [-0.4, -0.2) is 35.3 Å². The van der Waals surface area contributed by atoms with Gasteiger partial charge < -0.3 is 25.6 Å². The third-order valence-electron chi connectivity index (χ3n) is 4.25. The normalized spacial score (nSPS) is 13.6. The molecule has 0 bridgehead atoms. The minimum absolute atomic E-state index is 0.0980. The summed E-state index contributed by atoms with van der Waals surface area (Å²) in [6.07, 6.45) is 5.10. The van der Waals surface area contributed by atoms with E-state index in [9.17, 15) is 0 Å². The Hall–Kier alpha value is -3.54. The molecule has 0 radical (unpaired) electrons. The lowest BCUT2D eigenvalue weighted by molar-refractivity contribution is 0.396. The Labute approximate surface area is 156 Å². The predicted molar refractivity (Wildman–Crippen MR) is 102 cm³/mol. The van der Waals surface area contributed by atoms with Crippen molar-refractivity contribution < 1.29 is 9.26 Å². The summed E-state index contributed by atoms with van der Waals surface area (Å²) in [5, 5.41) is 13.7. The number of nitrogens with zero attached hydrogens (tertiary/aromatic N) is 5. The van der Waals surface area contributed by atoms with E-state index in [0.29, 0.717) is 11.3 Å². The molecule has 0 aliphatic carbocycles. The number of anilines is 3. The van der Waals surface area contributed by atoms with Gasteiger partial charge in [-0.25, -0.2) is 4.98 Å². The Bertz CT molecular complexity index is 958. The number of hydrogen-bond acceptors (Lipinski definition) is 9. The minimum atomic E-state index is 0.0980. The average molecular weight is 367 g/mol. The van der Waals surface area contributed by atoms with Gasteiger partial charge in [0.25, 0.3) is 0 Å². The summed E-state index contributed by atoms with van der Waals surface area (Å²) in [5.41, 5.74) is 12.7. The fourth-order valence-electron chi connectivity index (χ4n) is 2.92. The Kier molecular flexibility index (Phi) is 5.56. The van der Waals surface area contributed by atoms with Crippen LogP contribution in [0, 0.1) is 11.3 Å². The van der Waals surface area contributed by atoms with E-state index in [-0.39, 0.29) is 17.4 Å². The summed E-state index contributed by atoms with van der Waals surface area (Å²) in [5.74, 6) is 1.25. The summed E-state index contributed by atoms with van der Waals surface area (Å²) < 4.78 is 10.1. The van der Waals surface area contributed by atoms with E-state index in [0.717, 1.165) is 24.3 Å². The van der Waals surface area contributed by atoms with Crippen LogP contribution in [-0.2, 0) is 0 Å². The van der Waals surface area contributed by atoms with Crippen molar-refractivity contribution in [3.8, 4) is 11.9 Å². The molecule has 27 heavy (non-hydrogen) atoms. The van der Waals surface area contributed by atoms with Crippen LogP contribution in [0.3, 0.4) is 0 Å². The van der Waals surface area contributed by atoms with Crippen LogP contribution < -0.4 is 21.1 Å². The summed E-state index contributed by atoms with van der Waals surface area (Å²) >= 11 is 0. The van der Waals surface area contributed by atoms with Gasteiger partial charge in [-0.3, -0.25) is 0 Å². The third kappa shape index (κ3) is 4.00. The maximum absolute atomic E-state index is 8.49. The summed E-state index contributed by atoms with van der Waals surface area (Å²) in [6.45, 7) is 2.13. The second-order valence-electron chi connectivity index (χ2n) is 6.04. The number of piperidine rings is 1. The zero-order valence-corrected chi connectivity index (χ0v) is 15.1. The first-order valence-corrected chi connectivity index (χ1v) is 8.59. The van der Waals surface area contributed by atoms with Crippen LogP contribution in [0.25, 0.3) is 11.0 Å². The molecule has 140 valence electrons. The molecular formula is C18H21N7O2. The first kappa shape index (κ1) is 18.3. The lowest BCUT2D eigenvalue weighted by atomic mass is 10.1. The van der Waals surface area contributed by atoms with Gasteiger partial charge in [-0.15, -0.1) is 0 Å². The number of ether oxygens (including phenoxy) is 1. The molecule has 4 N–H and O–H groups in total. The van der Waals surface area contributed by atoms with Crippen LogP contribution in [0.15, 0.2) is 28.9 Å². The van der Waals surface area contributed by atoms with Gasteiger partial charge in [-0.1, -0.05) is 11.2 Å². The van der Waals surface area contributed by atoms with Gasteiger partial charge in [-0.05, 0) is 31.4 Å². The van der Waals surface area contributed by atoms with Crippen LogP contribution in [0.5, 0.6) is 5.88 Å². The van der Waals surface area contributed by atoms with E-state index < -0.39 is 0 Å². The van der Waals surface area contributed by atoms with E-state index in [4.69, 9.17) is 26.0 Å². The molecule has 1 aliphatic heterocycles. The van der Waals surface area contributed by atoms with E-state index in [1.807, 2.05) is 24.3 Å². The molecule has 3 heterocycles. The first-order valence-electron chi connectivity index (χ1n) is 8.59. The van der Waals surface area contributed by atoms with Crippen LogP contribution in [0.1, 0.15) is 24.8 Å². The monoisotopic (exact) mass is 367 g/mol. The highest BCUT2D eigenvalue weighted by atomic mass is 16.5. The highest BCUT2D eigenvalue weighted by Gasteiger charge is 2.18. The Morgan fingerprint density at radius 3 is 2.70 bits per heavy atom. The second-order valence-corrected chi connectivity index (χ2v) is 6.04. The molecule has 1 fully saturated rings. The van der Waals surface area contributed by atoms with Crippen molar-refractivity contribution in [2.45, 2.75) is 19.3 Å². The zero-order chi connectivity index (χ0) is 19.2. The molecule has 0 saturated carbocycles. The number of para-hydroxylation sites is 1. The molecule has 3 aromatic rings. The molecule has 1 aromatic carbocycles. The van der Waals surface area contributed by atoms with Gasteiger partial charge in [0.1, 0.15) is 11.6 Å². The summed E-state index contributed by atoms with van der Waals surface area (Å²) in [6, 6.07) is 7.68. The van der Waals surface area contributed by atoms with E-state index in [1.165, 1.54) is 32.6 Å². The molecule has 2 aromatic heterocycles. The molecular weight excluding hydrogens is 346 g/mol. The van der Waals surface area contributed by atoms with Gasteiger partial charge >= 0.3 is 0 Å². The molecule has 4 rings (SSSR count).